The highest BCUT2D eigenvalue weighted by atomic mass is 16.7. The number of nitrogens with zero attached hydrogens (tertiary/aromatic N) is 8. The number of benzene rings is 2. The van der Waals surface area contributed by atoms with Gasteiger partial charge in [0.2, 0.25) is 0 Å². The van der Waals surface area contributed by atoms with Gasteiger partial charge in [0.15, 0.2) is 16.9 Å². The van der Waals surface area contributed by atoms with E-state index in [4.69, 9.17) is 14.4 Å². The van der Waals surface area contributed by atoms with Crippen LogP contribution in [0.5, 0.6) is 0 Å². The number of rotatable bonds is 14. The standard InChI is InChI=1S/C23H21N5O4.C20H17N5O2/c1-2-31-23(30)19-20(26-12-17-10-6-7-11-25-17)18-13-24-15-27-21(18)28(22(19)29)32-14-16-8-4-3-5-9-16;26-19-10-18(23-11-16-8-4-5-9-22-16)17-12-21-14-24-20(17)25(19)27-13-15-6-2-1-3-7-15/h3-11,13,15,26H,2,12,14H2,1H3;1-10,12,14,23H,11,13H2. The van der Waals surface area contributed by atoms with Crippen LogP contribution in [0.3, 0.4) is 0 Å². The molecular weight excluding hydrogens is 753 g/mol. The topological polar surface area (TPSA) is 190 Å². The molecule has 0 aliphatic heterocycles. The third-order valence-electron chi connectivity index (χ3n) is 8.69. The number of pyridine rings is 4. The molecule has 296 valence electrons. The fourth-order valence-electron chi connectivity index (χ4n) is 5.90. The number of esters is 1. The van der Waals surface area contributed by atoms with Gasteiger partial charge in [-0.05, 0) is 42.3 Å². The van der Waals surface area contributed by atoms with E-state index in [-0.39, 0.29) is 48.8 Å². The van der Waals surface area contributed by atoms with E-state index in [0.717, 1.165) is 27.2 Å². The number of ether oxygens (including phenoxy) is 1. The van der Waals surface area contributed by atoms with Gasteiger partial charge in [0, 0.05) is 30.9 Å². The summed E-state index contributed by atoms with van der Waals surface area (Å²) in [6.45, 7) is 2.94. The molecule has 0 bridgehead atoms. The Morgan fingerprint density at radius 3 is 1.76 bits per heavy atom. The summed E-state index contributed by atoms with van der Waals surface area (Å²) in [5.41, 5.74) is 3.82. The second-order valence-corrected chi connectivity index (χ2v) is 12.6. The molecule has 8 rings (SSSR count). The number of carbonyl (C=O) groups is 1. The molecule has 0 amide bonds. The minimum absolute atomic E-state index is 0.114. The number of hydrogen-bond donors (Lipinski definition) is 2. The van der Waals surface area contributed by atoms with Crippen molar-refractivity contribution in [2.75, 3.05) is 17.2 Å². The Hall–Kier alpha value is -8.01. The van der Waals surface area contributed by atoms with Gasteiger partial charge in [-0.1, -0.05) is 72.8 Å². The lowest BCUT2D eigenvalue weighted by atomic mass is 10.1. The lowest BCUT2D eigenvalue weighted by molar-refractivity contribution is 0.0513. The number of anilines is 2. The summed E-state index contributed by atoms with van der Waals surface area (Å²) >= 11 is 0. The van der Waals surface area contributed by atoms with Crippen LogP contribution in [-0.4, -0.2) is 51.9 Å². The van der Waals surface area contributed by atoms with Crippen LogP contribution in [0.2, 0.25) is 0 Å². The second kappa shape index (κ2) is 19.2. The zero-order valence-corrected chi connectivity index (χ0v) is 31.8. The predicted molar refractivity (Wildman–Crippen MR) is 220 cm³/mol. The molecule has 0 unspecified atom stereocenters. The van der Waals surface area contributed by atoms with Crippen LogP contribution >= 0.6 is 0 Å². The van der Waals surface area contributed by atoms with Crippen LogP contribution in [0.4, 0.5) is 11.4 Å². The van der Waals surface area contributed by atoms with Gasteiger partial charge < -0.3 is 25.0 Å². The van der Waals surface area contributed by atoms with Gasteiger partial charge in [0.05, 0.1) is 53.2 Å². The summed E-state index contributed by atoms with van der Waals surface area (Å²) in [7, 11) is 0. The maximum Gasteiger partial charge on any atom is 0.346 e. The van der Waals surface area contributed by atoms with E-state index in [9.17, 15) is 14.4 Å². The molecule has 0 radical (unpaired) electrons. The average Bonchev–Trinajstić information content (AvgIpc) is 3.28. The maximum absolute atomic E-state index is 13.4. The molecule has 2 N–H and O–H groups in total. The van der Waals surface area contributed by atoms with Crippen LogP contribution in [0.15, 0.2) is 150 Å². The SMILES string of the molecule is CCOC(=O)c1c(NCc2ccccn2)c2cncnc2n(OCc2ccccc2)c1=O.O=c1cc(NCc2ccccn2)c2cncnc2n1OCc1ccccc1. The predicted octanol–water partition coefficient (Wildman–Crippen LogP) is 5.03. The zero-order valence-electron chi connectivity index (χ0n) is 31.8. The first-order valence-electron chi connectivity index (χ1n) is 18.5. The maximum atomic E-state index is 13.4. The second-order valence-electron chi connectivity index (χ2n) is 12.6. The normalized spacial score (nSPS) is 10.7. The number of nitrogens with one attached hydrogen (secondary N) is 2. The molecule has 2 aromatic carbocycles. The zero-order chi connectivity index (χ0) is 40.8. The Morgan fingerprint density at radius 1 is 0.644 bits per heavy atom. The lowest BCUT2D eigenvalue weighted by Crippen LogP contribution is -2.34. The highest BCUT2D eigenvalue weighted by Gasteiger charge is 2.25. The lowest BCUT2D eigenvalue weighted by Gasteiger charge is -2.17. The first-order valence-corrected chi connectivity index (χ1v) is 18.5. The summed E-state index contributed by atoms with van der Waals surface area (Å²) in [6.07, 6.45) is 9.29. The summed E-state index contributed by atoms with van der Waals surface area (Å²) in [4.78, 5) is 75.5. The van der Waals surface area contributed by atoms with Crippen molar-refractivity contribution in [1.82, 2.24) is 39.4 Å². The number of aromatic nitrogens is 8. The first-order chi connectivity index (χ1) is 29.0. The molecule has 0 atom stereocenters. The van der Waals surface area contributed by atoms with Gasteiger partial charge in [0.1, 0.15) is 25.9 Å². The fourth-order valence-corrected chi connectivity index (χ4v) is 5.90. The van der Waals surface area contributed by atoms with E-state index >= 15 is 0 Å². The Bertz CT molecular complexity index is 2760. The van der Waals surface area contributed by atoms with E-state index in [1.165, 1.54) is 29.6 Å². The smallest absolute Gasteiger partial charge is 0.346 e. The third kappa shape index (κ3) is 9.69. The Labute approximate surface area is 337 Å². The van der Waals surface area contributed by atoms with Gasteiger partial charge in [-0.15, -0.1) is 9.46 Å². The first kappa shape index (κ1) is 39.2. The van der Waals surface area contributed by atoms with Crippen molar-refractivity contribution in [3.63, 3.8) is 0 Å². The minimum Gasteiger partial charge on any atom is -0.462 e. The number of fused-ring (bicyclic) bond motifs is 2. The van der Waals surface area contributed by atoms with Gasteiger partial charge in [0.25, 0.3) is 5.56 Å². The number of hydrogen-bond acceptors (Lipinski definition) is 14. The van der Waals surface area contributed by atoms with Crippen LogP contribution in [0.25, 0.3) is 22.1 Å². The minimum atomic E-state index is -0.760. The van der Waals surface area contributed by atoms with Crippen molar-refractivity contribution in [2.24, 2.45) is 0 Å². The molecule has 0 saturated heterocycles. The van der Waals surface area contributed by atoms with Crippen molar-refractivity contribution in [1.29, 1.82) is 0 Å². The van der Waals surface area contributed by atoms with Crippen molar-refractivity contribution in [3.05, 3.63) is 189 Å². The Kier molecular flexibility index (Phi) is 12.8. The molecule has 0 aliphatic carbocycles. The van der Waals surface area contributed by atoms with Crippen LogP contribution in [0.1, 0.15) is 39.8 Å². The highest BCUT2D eigenvalue weighted by molar-refractivity contribution is 6.04. The van der Waals surface area contributed by atoms with Crippen LogP contribution in [-0.2, 0) is 31.0 Å². The van der Waals surface area contributed by atoms with Crippen molar-refractivity contribution < 1.29 is 19.2 Å². The van der Waals surface area contributed by atoms with Crippen LogP contribution in [0, 0.1) is 0 Å². The molecule has 16 nitrogen and oxygen atoms in total. The van der Waals surface area contributed by atoms with E-state index in [0.29, 0.717) is 28.7 Å². The van der Waals surface area contributed by atoms with E-state index in [1.807, 2.05) is 97.1 Å². The summed E-state index contributed by atoms with van der Waals surface area (Å²) in [6, 6.07) is 31.7. The summed E-state index contributed by atoms with van der Waals surface area (Å²) < 4.78 is 7.38. The summed E-state index contributed by atoms with van der Waals surface area (Å²) in [5.74, 6) is -0.760. The van der Waals surface area contributed by atoms with Crippen LogP contribution < -0.4 is 31.4 Å². The Balaban J connectivity index is 0.000000181. The highest BCUT2D eigenvalue weighted by Crippen LogP contribution is 2.25. The van der Waals surface area contributed by atoms with E-state index in [2.05, 4.69) is 40.5 Å². The van der Waals surface area contributed by atoms with Gasteiger partial charge >= 0.3 is 11.5 Å². The van der Waals surface area contributed by atoms with Crippen molar-refractivity contribution >= 4 is 39.4 Å². The van der Waals surface area contributed by atoms with Gasteiger partial charge in [-0.3, -0.25) is 19.6 Å². The van der Waals surface area contributed by atoms with Crippen molar-refractivity contribution in [2.45, 2.75) is 33.2 Å². The molecular formula is C43H38N10O6. The molecule has 0 saturated carbocycles. The molecule has 0 aliphatic rings. The van der Waals surface area contributed by atoms with E-state index in [1.54, 1.807) is 25.5 Å². The summed E-state index contributed by atoms with van der Waals surface area (Å²) in [5, 5.41) is 7.52. The quantitative estimate of drug-likeness (QED) is 0.140. The fraction of sp³-hybridized carbons (Fsp3) is 0.140. The monoisotopic (exact) mass is 790 g/mol. The molecule has 0 spiro atoms. The van der Waals surface area contributed by atoms with Gasteiger partial charge in [-0.2, -0.15) is 0 Å². The third-order valence-corrected chi connectivity index (χ3v) is 8.69. The molecule has 0 fully saturated rings. The van der Waals surface area contributed by atoms with E-state index < -0.39 is 11.5 Å². The molecule has 16 heteroatoms. The average molecular weight is 791 g/mol. The largest absolute Gasteiger partial charge is 0.462 e. The Morgan fingerprint density at radius 2 is 1.19 bits per heavy atom. The molecule has 6 heterocycles. The number of carbonyl (C=O) groups excluding carboxylic acids is 1. The molecule has 59 heavy (non-hydrogen) atoms. The van der Waals surface area contributed by atoms with Gasteiger partial charge in [-0.25, -0.2) is 24.7 Å². The molecule has 6 aromatic heterocycles. The molecule has 8 aromatic rings. The van der Waals surface area contributed by atoms with Crippen molar-refractivity contribution in [3.8, 4) is 0 Å².